The average molecular weight is 314 g/mol. The lowest BCUT2D eigenvalue weighted by atomic mass is 10.0. The molecule has 0 saturated heterocycles. The van der Waals surface area contributed by atoms with E-state index in [-0.39, 0.29) is 0 Å². The molecule has 4 heteroatoms. The van der Waals surface area contributed by atoms with Crippen molar-refractivity contribution in [1.29, 1.82) is 0 Å². The Morgan fingerprint density at radius 1 is 1.16 bits per heavy atom. The fourth-order valence-corrected chi connectivity index (χ4v) is 3.30. The van der Waals surface area contributed by atoms with Crippen LogP contribution in [0.1, 0.15) is 30.3 Å². The average Bonchev–Trinajstić information content (AvgIpc) is 2.87. The molecule has 1 aromatic heterocycles. The van der Waals surface area contributed by atoms with E-state index in [1.807, 2.05) is 18.2 Å². The van der Waals surface area contributed by atoms with Crippen LogP contribution in [0.4, 0.5) is 0 Å². The van der Waals surface area contributed by atoms with Crippen molar-refractivity contribution in [2.75, 3.05) is 0 Å². The highest BCUT2D eigenvalue weighted by molar-refractivity contribution is 7.10. The van der Waals surface area contributed by atoms with Crippen LogP contribution in [-0.2, 0) is 6.54 Å². The molecule has 19 heavy (non-hydrogen) atoms. The van der Waals surface area contributed by atoms with Crippen molar-refractivity contribution in [3.05, 3.63) is 56.2 Å². The summed E-state index contributed by atoms with van der Waals surface area (Å²) in [6, 6.07) is 10.4. The van der Waals surface area contributed by atoms with Crippen molar-refractivity contribution in [2.45, 2.75) is 26.4 Å². The molecule has 0 aliphatic heterocycles. The highest BCUT2D eigenvalue weighted by Gasteiger charge is 2.16. The molecule has 1 N–H and O–H groups in total. The molecular weight excluding hydrogens is 297 g/mol. The number of halogens is 2. The third-order valence-electron chi connectivity index (χ3n) is 3.03. The Bertz CT molecular complexity index is 523. The van der Waals surface area contributed by atoms with Gasteiger partial charge in [-0.2, -0.15) is 0 Å². The maximum absolute atomic E-state index is 6.03. The summed E-state index contributed by atoms with van der Waals surface area (Å²) in [5, 5.41) is 6.92. The van der Waals surface area contributed by atoms with Gasteiger partial charge in [-0.1, -0.05) is 49.2 Å². The van der Waals surface area contributed by atoms with E-state index in [1.54, 1.807) is 11.3 Å². The molecule has 1 nitrogen and oxygen atoms in total. The smallest absolute Gasteiger partial charge is 0.0595 e. The van der Waals surface area contributed by atoms with Gasteiger partial charge in [-0.25, -0.2) is 0 Å². The van der Waals surface area contributed by atoms with E-state index in [2.05, 4.69) is 36.7 Å². The highest BCUT2D eigenvalue weighted by Crippen LogP contribution is 2.27. The molecule has 0 amide bonds. The van der Waals surface area contributed by atoms with Gasteiger partial charge in [0, 0.05) is 17.5 Å². The van der Waals surface area contributed by atoms with E-state index < -0.39 is 0 Å². The Morgan fingerprint density at radius 2 is 1.95 bits per heavy atom. The predicted molar refractivity (Wildman–Crippen MR) is 85.2 cm³/mol. The van der Waals surface area contributed by atoms with Gasteiger partial charge in [-0.15, -0.1) is 11.3 Å². The van der Waals surface area contributed by atoms with Gasteiger partial charge in [0.25, 0.3) is 0 Å². The molecule has 0 aliphatic carbocycles. The van der Waals surface area contributed by atoms with Gasteiger partial charge >= 0.3 is 0 Å². The van der Waals surface area contributed by atoms with Crippen molar-refractivity contribution in [3.63, 3.8) is 0 Å². The van der Waals surface area contributed by atoms with Crippen LogP contribution >= 0.6 is 34.5 Å². The monoisotopic (exact) mass is 313 g/mol. The first-order valence-electron chi connectivity index (χ1n) is 6.28. The van der Waals surface area contributed by atoms with Crippen molar-refractivity contribution in [1.82, 2.24) is 5.32 Å². The van der Waals surface area contributed by atoms with Crippen molar-refractivity contribution in [3.8, 4) is 0 Å². The van der Waals surface area contributed by atoms with E-state index in [4.69, 9.17) is 23.2 Å². The van der Waals surface area contributed by atoms with E-state index in [0.29, 0.717) is 22.0 Å². The first kappa shape index (κ1) is 14.9. The highest BCUT2D eigenvalue weighted by atomic mass is 35.5. The minimum atomic E-state index is 0.370. The minimum absolute atomic E-state index is 0.370. The van der Waals surface area contributed by atoms with Crippen molar-refractivity contribution < 1.29 is 0 Å². The number of rotatable bonds is 5. The topological polar surface area (TPSA) is 12.0 Å². The standard InChI is InChI=1S/C15H17Cl2NS/c1-10(2)15(14-4-3-7-19-14)18-9-11-5-6-12(16)13(17)8-11/h3-8,10,15,18H,9H2,1-2H3. The minimum Gasteiger partial charge on any atom is -0.305 e. The summed E-state index contributed by atoms with van der Waals surface area (Å²) in [5.74, 6) is 0.543. The van der Waals surface area contributed by atoms with Crippen LogP contribution in [0.5, 0.6) is 0 Å². The van der Waals surface area contributed by atoms with Crippen LogP contribution in [-0.4, -0.2) is 0 Å². The maximum atomic E-state index is 6.03. The Kier molecular flexibility index (Phi) is 5.28. The Labute approximate surface area is 128 Å². The molecule has 0 radical (unpaired) electrons. The number of benzene rings is 1. The molecule has 0 spiro atoms. The van der Waals surface area contributed by atoms with Crippen LogP contribution in [0, 0.1) is 5.92 Å². The quantitative estimate of drug-likeness (QED) is 0.764. The molecule has 1 aromatic carbocycles. The van der Waals surface area contributed by atoms with E-state index in [9.17, 15) is 0 Å². The van der Waals surface area contributed by atoms with E-state index >= 15 is 0 Å². The summed E-state index contributed by atoms with van der Waals surface area (Å²) < 4.78 is 0. The third kappa shape index (κ3) is 3.96. The summed E-state index contributed by atoms with van der Waals surface area (Å²) in [6.45, 7) is 5.25. The van der Waals surface area contributed by atoms with Gasteiger partial charge in [-0.3, -0.25) is 0 Å². The van der Waals surface area contributed by atoms with E-state index in [1.165, 1.54) is 4.88 Å². The maximum Gasteiger partial charge on any atom is 0.0595 e. The lowest BCUT2D eigenvalue weighted by Crippen LogP contribution is -2.24. The van der Waals surface area contributed by atoms with Crippen LogP contribution in [0.3, 0.4) is 0 Å². The molecule has 1 unspecified atom stereocenters. The zero-order valence-corrected chi connectivity index (χ0v) is 13.3. The fraction of sp³-hybridized carbons (Fsp3) is 0.333. The molecule has 0 aliphatic rings. The number of hydrogen-bond acceptors (Lipinski definition) is 2. The molecule has 0 bridgehead atoms. The van der Waals surface area contributed by atoms with Crippen molar-refractivity contribution in [2.24, 2.45) is 5.92 Å². The van der Waals surface area contributed by atoms with Gasteiger partial charge < -0.3 is 5.32 Å². The molecule has 2 rings (SSSR count). The molecule has 0 saturated carbocycles. The number of nitrogens with one attached hydrogen (secondary N) is 1. The predicted octanol–water partition coefficient (Wildman–Crippen LogP) is 5.54. The second-order valence-corrected chi connectivity index (χ2v) is 6.66. The summed E-state index contributed by atoms with van der Waals surface area (Å²) in [6.07, 6.45) is 0. The van der Waals surface area contributed by atoms with Crippen LogP contribution in [0.2, 0.25) is 10.0 Å². The van der Waals surface area contributed by atoms with Gasteiger partial charge in [0.1, 0.15) is 0 Å². The number of thiophene rings is 1. The van der Waals surface area contributed by atoms with Crippen LogP contribution < -0.4 is 5.32 Å². The zero-order chi connectivity index (χ0) is 13.8. The summed E-state index contributed by atoms with van der Waals surface area (Å²) >= 11 is 13.7. The van der Waals surface area contributed by atoms with Gasteiger partial charge in [0.05, 0.1) is 10.0 Å². The second-order valence-electron chi connectivity index (χ2n) is 4.87. The van der Waals surface area contributed by atoms with Crippen LogP contribution in [0.15, 0.2) is 35.7 Å². The number of hydrogen-bond donors (Lipinski definition) is 1. The molecule has 1 heterocycles. The normalized spacial score (nSPS) is 12.9. The van der Waals surface area contributed by atoms with Crippen molar-refractivity contribution >= 4 is 34.5 Å². The lowest BCUT2D eigenvalue weighted by Gasteiger charge is -2.21. The van der Waals surface area contributed by atoms with Gasteiger partial charge in [0.15, 0.2) is 0 Å². The molecule has 102 valence electrons. The zero-order valence-electron chi connectivity index (χ0n) is 11.0. The second kappa shape index (κ2) is 6.76. The van der Waals surface area contributed by atoms with E-state index in [0.717, 1.165) is 12.1 Å². The Morgan fingerprint density at radius 3 is 2.53 bits per heavy atom. The van der Waals surface area contributed by atoms with Crippen LogP contribution in [0.25, 0.3) is 0 Å². The Hall–Kier alpha value is -0.540. The summed E-state index contributed by atoms with van der Waals surface area (Å²) in [5.41, 5.74) is 1.15. The van der Waals surface area contributed by atoms with Gasteiger partial charge in [0.2, 0.25) is 0 Å². The lowest BCUT2D eigenvalue weighted by molar-refractivity contribution is 0.416. The first-order chi connectivity index (χ1) is 9.08. The molecular formula is C15H17Cl2NS. The summed E-state index contributed by atoms with van der Waals surface area (Å²) in [4.78, 5) is 1.37. The fourth-order valence-electron chi connectivity index (χ4n) is 2.01. The molecule has 0 fully saturated rings. The largest absolute Gasteiger partial charge is 0.305 e. The SMILES string of the molecule is CC(C)C(NCc1ccc(Cl)c(Cl)c1)c1cccs1. The third-order valence-corrected chi connectivity index (χ3v) is 4.72. The summed E-state index contributed by atoms with van der Waals surface area (Å²) in [7, 11) is 0. The Balaban J connectivity index is 2.05. The molecule has 1 atom stereocenters. The van der Waals surface area contributed by atoms with Gasteiger partial charge in [-0.05, 0) is 35.1 Å². The first-order valence-corrected chi connectivity index (χ1v) is 7.92. The molecule has 2 aromatic rings.